The Hall–Kier alpha value is -2.62. The van der Waals surface area contributed by atoms with E-state index in [-0.39, 0.29) is 18.2 Å². The Morgan fingerprint density at radius 2 is 1.54 bits per heavy atom. The van der Waals surface area contributed by atoms with Gasteiger partial charge in [-0.25, -0.2) is 0 Å². The summed E-state index contributed by atoms with van der Waals surface area (Å²) >= 11 is 0. The molecular formula is C20H24N2O2. The Bertz CT molecular complexity index is 716. The standard InChI is InChI=1S/C20H24N2O2/c1-14-8-10-18(11-9-14)22(17(4)23)13-12-19(24)21-20-15(2)6-5-7-16(20)3/h5-11H,12-13H2,1-4H3,(H,21,24). The summed E-state index contributed by atoms with van der Waals surface area (Å²) in [6.07, 6.45) is 0.251. The van der Waals surface area contributed by atoms with Gasteiger partial charge < -0.3 is 10.2 Å². The van der Waals surface area contributed by atoms with E-state index >= 15 is 0 Å². The predicted molar refractivity (Wildman–Crippen MR) is 98.4 cm³/mol. The molecule has 1 N–H and O–H groups in total. The molecule has 0 saturated carbocycles. The first-order valence-electron chi connectivity index (χ1n) is 8.09. The highest BCUT2D eigenvalue weighted by atomic mass is 16.2. The van der Waals surface area contributed by atoms with Gasteiger partial charge in [-0.05, 0) is 44.0 Å². The molecule has 0 radical (unpaired) electrons. The average Bonchev–Trinajstić information content (AvgIpc) is 2.52. The second kappa shape index (κ2) is 7.77. The molecule has 0 bridgehead atoms. The summed E-state index contributed by atoms with van der Waals surface area (Å²) in [6.45, 7) is 7.81. The van der Waals surface area contributed by atoms with Crippen LogP contribution < -0.4 is 10.2 Å². The zero-order chi connectivity index (χ0) is 17.7. The van der Waals surface area contributed by atoms with Gasteiger partial charge in [-0.15, -0.1) is 0 Å². The molecule has 4 nitrogen and oxygen atoms in total. The van der Waals surface area contributed by atoms with E-state index in [0.717, 1.165) is 28.1 Å². The molecule has 0 spiro atoms. The van der Waals surface area contributed by atoms with Crippen molar-refractivity contribution in [2.45, 2.75) is 34.1 Å². The van der Waals surface area contributed by atoms with Crippen molar-refractivity contribution in [1.29, 1.82) is 0 Å². The molecule has 0 atom stereocenters. The maximum absolute atomic E-state index is 12.3. The van der Waals surface area contributed by atoms with Gasteiger partial charge in [0.2, 0.25) is 11.8 Å². The van der Waals surface area contributed by atoms with Gasteiger partial charge in [0.25, 0.3) is 0 Å². The van der Waals surface area contributed by atoms with Gasteiger partial charge in [-0.1, -0.05) is 35.9 Å². The number of amides is 2. The van der Waals surface area contributed by atoms with Crippen LogP contribution >= 0.6 is 0 Å². The molecule has 0 aliphatic rings. The summed E-state index contributed by atoms with van der Waals surface area (Å²) in [5.74, 6) is -0.163. The molecule has 24 heavy (non-hydrogen) atoms. The number of carbonyl (C=O) groups excluding carboxylic acids is 2. The lowest BCUT2D eigenvalue weighted by atomic mass is 10.1. The Morgan fingerprint density at radius 1 is 0.958 bits per heavy atom. The molecule has 2 amide bonds. The van der Waals surface area contributed by atoms with E-state index in [0.29, 0.717) is 6.54 Å². The van der Waals surface area contributed by atoms with Gasteiger partial charge in [0.1, 0.15) is 0 Å². The molecule has 2 aromatic carbocycles. The summed E-state index contributed by atoms with van der Waals surface area (Å²) in [5.41, 5.74) is 4.87. The highest BCUT2D eigenvalue weighted by Gasteiger charge is 2.14. The van der Waals surface area contributed by atoms with Crippen molar-refractivity contribution >= 4 is 23.2 Å². The molecule has 0 aliphatic carbocycles. The molecule has 0 saturated heterocycles. The van der Waals surface area contributed by atoms with E-state index in [1.807, 2.05) is 63.2 Å². The molecule has 0 unspecified atom stereocenters. The normalized spacial score (nSPS) is 10.3. The maximum Gasteiger partial charge on any atom is 0.226 e. The second-order valence-electron chi connectivity index (χ2n) is 6.07. The van der Waals surface area contributed by atoms with Crippen molar-refractivity contribution in [2.75, 3.05) is 16.8 Å². The highest BCUT2D eigenvalue weighted by molar-refractivity contribution is 5.95. The minimum atomic E-state index is -0.0919. The SMILES string of the molecule is CC(=O)N(CCC(=O)Nc1c(C)cccc1C)c1ccc(C)cc1. The van der Waals surface area contributed by atoms with Crippen molar-refractivity contribution in [3.05, 3.63) is 59.2 Å². The lowest BCUT2D eigenvalue weighted by Crippen LogP contribution is -2.32. The third kappa shape index (κ3) is 4.44. The Morgan fingerprint density at radius 3 is 2.08 bits per heavy atom. The fourth-order valence-electron chi connectivity index (χ4n) is 2.62. The van der Waals surface area contributed by atoms with Crippen molar-refractivity contribution in [1.82, 2.24) is 0 Å². The van der Waals surface area contributed by atoms with Crippen LogP contribution in [0.2, 0.25) is 0 Å². The van der Waals surface area contributed by atoms with Crippen molar-refractivity contribution in [2.24, 2.45) is 0 Å². The number of aryl methyl sites for hydroxylation is 3. The number of para-hydroxylation sites is 1. The predicted octanol–water partition coefficient (Wildman–Crippen LogP) is 3.99. The molecule has 0 aromatic heterocycles. The molecular weight excluding hydrogens is 300 g/mol. The average molecular weight is 324 g/mol. The zero-order valence-corrected chi connectivity index (χ0v) is 14.7. The van der Waals surface area contributed by atoms with Crippen LogP contribution in [0, 0.1) is 20.8 Å². The fraction of sp³-hybridized carbons (Fsp3) is 0.300. The van der Waals surface area contributed by atoms with Gasteiger partial charge in [-0.3, -0.25) is 9.59 Å². The van der Waals surface area contributed by atoms with Crippen LogP contribution in [-0.2, 0) is 9.59 Å². The van der Waals surface area contributed by atoms with E-state index in [1.165, 1.54) is 6.92 Å². The molecule has 4 heteroatoms. The third-order valence-corrected chi connectivity index (χ3v) is 4.03. The quantitative estimate of drug-likeness (QED) is 0.904. The zero-order valence-electron chi connectivity index (χ0n) is 14.7. The van der Waals surface area contributed by atoms with E-state index < -0.39 is 0 Å². The first-order valence-corrected chi connectivity index (χ1v) is 8.09. The molecule has 0 fully saturated rings. The van der Waals surface area contributed by atoms with E-state index in [2.05, 4.69) is 5.32 Å². The minimum absolute atomic E-state index is 0.0706. The topological polar surface area (TPSA) is 49.4 Å². The maximum atomic E-state index is 12.3. The largest absolute Gasteiger partial charge is 0.326 e. The first kappa shape index (κ1) is 17.7. The van der Waals surface area contributed by atoms with Gasteiger partial charge in [0, 0.05) is 31.3 Å². The molecule has 2 rings (SSSR count). The van der Waals surface area contributed by atoms with Gasteiger partial charge in [0.15, 0.2) is 0 Å². The lowest BCUT2D eigenvalue weighted by Gasteiger charge is -2.21. The molecule has 0 heterocycles. The Kier molecular flexibility index (Phi) is 5.74. The smallest absolute Gasteiger partial charge is 0.226 e. The number of carbonyl (C=O) groups is 2. The number of anilines is 2. The van der Waals surface area contributed by atoms with Crippen LogP contribution in [0.1, 0.15) is 30.0 Å². The number of nitrogens with one attached hydrogen (secondary N) is 1. The monoisotopic (exact) mass is 324 g/mol. The number of rotatable bonds is 5. The van der Waals surface area contributed by atoms with Crippen LogP contribution in [-0.4, -0.2) is 18.4 Å². The lowest BCUT2D eigenvalue weighted by molar-refractivity contribution is -0.117. The van der Waals surface area contributed by atoms with Crippen LogP contribution in [0.5, 0.6) is 0 Å². The van der Waals surface area contributed by atoms with Crippen LogP contribution in [0.15, 0.2) is 42.5 Å². The summed E-state index contributed by atoms with van der Waals surface area (Å²) in [4.78, 5) is 25.8. The number of hydrogen-bond acceptors (Lipinski definition) is 2. The first-order chi connectivity index (χ1) is 11.4. The highest BCUT2D eigenvalue weighted by Crippen LogP contribution is 2.20. The van der Waals surface area contributed by atoms with Gasteiger partial charge in [-0.2, -0.15) is 0 Å². The van der Waals surface area contributed by atoms with E-state index in [1.54, 1.807) is 4.90 Å². The van der Waals surface area contributed by atoms with Crippen molar-refractivity contribution < 1.29 is 9.59 Å². The second-order valence-corrected chi connectivity index (χ2v) is 6.07. The van der Waals surface area contributed by atoms with E-state index in [4.69, 9.17) is 0 Å². The molecule has 126 valence electrons. The summed E-state index contributed by atoms with van der Waals surface area (Å²) < 4.78 is 0. The van der Waals surface area contributed by atoms with Gasteiger partial charge >= 0.3 is 0 Å². The fourth-order valence-corrected chi connectivity index (χ4v) is 2.62. The van der Waals surface area contributed by atoms with E-state index in [9.17, 15) is 9.59 Å². The van der Waals surface area contributed by atoms with Crippen LogP contribution in [0.4, 0.5) is 11.4 Å². The summed E-state index contributed by atoms with van der Waals surface area (Å²) in [5, 5.41) is 2.96. The van der Waals surface area contributed by atoms with Crippen LogP contribution in [0.25, 0.3) is 0 Å². The van der Waals surface area contributed by atoms with Crippen molar-refractivity contribution in [3.63, 3.8) is 0 Å². The molecule has 2 aromatic rings. The number of benzene rings is 2. The molecule has 0 aliphatic heterocycles. The summed E-state index contributed by atoms with van der Waals surface area (Å²) in [7, 11) is 0. The van der Waals surface area contributed by atoms with Crippen molar-refractivity contribution in [3.8, 4) is 0 Å². The Labute approximate surface area is 143 Å². The minimum Gasteiger partial charge on any atom is -0.326 e. The number of hydrogen-bond donors (Lipinski definition) is 1. The third-order valence-electron chi connectivity index (χ3n) is 4.03. The Balaban J connectivity index is 2.03. The summed E-state index contributed by atoms with van der Waals surface area (Å²) in [6, 6.07) is 13.6. The van der Waals surface area contributed by atoms with Gasteiger partial charge in [0.05, 0.1) is 0 Å². The number of nitrogens with zero attached hydrogens (tertiary/aromatic N) is 1. The van der Waals surface area contributed by atoms with Crippen LogP contribution in [0.3, 0.4) is 0 Å².